The fourth-order valence-corrected chi connectivity index (χ4v) is 4.05. The van der Waals surface area contributed by atoms with Gasteiger partial charge in [-0.2, -0.15) is 4.98 Å². The van der Waals surface area contributed by atoms with E-state index in [9.17, 15) is 4.79 Å². The lowest BCUT2D eigenvalue weighted by Gasteiger charge is -2.36. The van der Waals surface area contributed by atoms with E-state index in [2.05, 4.69) is 51.4 Å². The molecule has 1 N–H and O–H groups in total. The highest BCUT2D eigenvalue weighted by Crippen LogP contribution is 2.26. The molecule has 1 fully saturated rings. The van der Waals surface area contributed by atoms with Crippen LogP contribution in [0.5, 0.6) is 0 Å². The number of amides is 1. The minimum atomic E-state index is 0.114. The zero-order chi connectivity index (χ0) is 18.6. The van der Waals surface area contributed by atoms with Gasteiger partial charge in [-0.25, -0.2) is 4.98 Å². The molecule has 0 spiro atoms. The highest BCUT2D eigenvalue weighted by atomic mass is 16.2. The number of nitrogens with zero attached hydrogens (tertiary/aromatic N) is 4. The maximum atomic E-state index is 13.0. The first-order chi connectivity index (χ1) is 13.2. The van der Waals surface area contributed by atoms with Gasteiger partial charge in [-0.1, -0.05) is 24.3 Å². The van der Waals surface area contributed by atoms with Crippen LogP contribution in [0, 0.1) is 5.92 Å². The van der Waals surface area contributed by atoms with Gasteiger partial charge in [0.25, 0.3) is 0 Å². The lowest BCUT2D eigenvalue weighted by molar-refractivity contribution is -0.137. The van der Waals surface area contributed by atoms with Crippen molar-refractivity contribution in [2.45, 2.75) is 32.7 Å². The molecule has 6 nitrogen and oxygen atoms in total. The molecule has 0 radical (unpaired) electrons. The Bertz CT molecular complexity index is 801. The molecule has 142 valence electrons. The van der Waals surface area contributed by atoms with Crippen LogP contribution >= 0.6 is 0 Å². The minimum Gasteiger partial charge on any atom is -0.370 e. The van der Waals surface area contributed by atoms with Crippen LogP contribution in [0.15, 0.2) is 36.5 Å². The van der Waals surface area contributed by atoms with Gasteiger partial charge in [-0.05, 0) is 43.4 Å². The lowest BCUT2D eigenvalue weighted by atomic mass is 9.93. The summed E-state index contributed by atoms with van der Waals surface area (Å²) in [5.74, 6) is 2.04. The third-order valence-corrected chi connectivity index (χ3v) is 5.57. The Labute approximate surface area is 160 Å². The number of hydrogen-bond acceptors (Lipinski definition) is 5. The number of benzene rings is 1. The maximum absolute atomic E-state index is 13.0. The topological polar surface area (TPSA) is 61.4 Å². The molecule has 0 saturated carbocycles. The molecule has 27 heavy (non-hydrogen) atoms. The molecule has 1 amide bonds. The van der Waals surface area contributed by atoms with Crippen molar-refractivity contribution in [2.75, 3.05) is 36.4 Å². The zero-order valence-electron chi connectivity index (χ0n) is 15.9. The van der Waals surface area contributed by atoms with Crippen molar-refractivity contribution in [2.24, 2.45) is 5.92 Å². The molecule has 2 aromatic rings. The summed E-state index contributed by atoms with van der Waals surface area (Å²) in [6.45, 7) is 6.14. The summed E-state index contributed by atoms with van der Waals surface area (Å²) < 4.78 is 0. The Morgan fingerprint density at radius 2 is 1.93 bits per heavy atom. The van der Waals surface area contributed by atoms with E-state index in [0.29, 0.717) is 5.91 Å². The smallest absolute Gasteiger partial charge is 0.227 e. The normalized spacial score (nSPS) is 17.5. The molecule has 2 aliphatic heterocycles. The molecule has 1 aromatic carbocycles. The fourth-order valence-electron chi connectivity index (χ4n) is 4.05. The van der Waals surface area contributed by atoms with Crippen LogP contribution in [0.4, 0.5) is 11.8 Å². The number of hydrogen-bond donors (Lipinski definition) is 1. The number of rotatable bonds is 4. The van der Waals surface area contributed by atoms with Crippen LogP contribution in [0.2, 0.25) is 0 Å². The van der Waals surface area contributed by atoms with Crippen LogP contribution in [0.25, 0.3) is 0 Å². The first-order valence-corrected chi connectivity index (χ1v) is 9.92. The Hall–Kier alpha value is -2.63. The minimum absolute atomic E-state index is 0.114. The largest absolute Gasteiger partial charge is 0.370 e. The van der Waals surface area contributed by atoms with Crippen LogP contribution in [-0.4, -0.2) is 47.0 Å². The van der Waals surface area contributed by atoms with Crippen LogP contribution in [-0.2, 0) is 17.8 Å². The first-order valence-electron chi connectivity index (χ1n) is 9.92. The van der Waals surface area contributed by atoms with E-state index >= 15 is 0 Å². The molecule has 0 unspecified atom stereocenters. The fraction of sp³-hybridized carbons (Fsp3) is 0.476. The molecule has 6 heteroatoms. The Morgan fingerprint density at radius 3 is 2.70 bits per heavy atom. The summed E-state index contributed by atoms with van der Waals surface area (Å²) in [4.78, 5) is 26.2. The van der Waals surface area contributed by atoms with Gasteiger partial charge in [0, 0.05) is 44.8 Å². The molecule has 1 aromatic heterocycles. The third-order valence-electron chi connectivity index (χ3n) is 5.57. The van der Waals surface area contributed by atoms with Crippen molar-refractivity contribution in [1.29, 1.82) is 0 Å². The van der Waals surface area contributed by atoms with E-state index < -0.39 is 0 Å². The van der Waals surface area contributed by atoms with Crippen molar-refractivity contribution in [3.8, 4) is 0 Å². The summed E-state index contributed by atoms with van der Waals surface area (Å²) >= 11 is 0. The standard InChI is InChI=1S/C21H27N5O/c1-2-22-19-7-11-23-21(24-19)25-12-9-17(10-13-25)20(27)26-14-8-16-5-3-4-6-18(16)15-26/h3-7,11,17H,2,8-10,12-15H2,1H3,(H,22,23,24). The second-order valence-corrected chi connectivity index (χ2v) is 7.31. The highest BCUT2D eigenvalue weighted by molar-refractivity contribution is 5.79. The van der Waals surface area contributed by atoms with Gasteiger partial charge in [-0.15, -0.1) is 0 Å². The van der Waals surface area contributed by atoms with Crippen LogP contribution in [0.1, 0.15) is 30.9 Å². The second kappa shape index (κ2) is 7.94. The molecule has 0 atom stereocenters. The molecular formula is C21H27N5O. The number of piperidine rings is 1. The SMILES string of the molecule is CCNc1ccnc(N2CCC(C(=O)N3CCc4ccccc4C3)CC2)n1. The van der Waals surface area contributed by atoms with Crippen molar-refractivity contribution in [3.05, 3.63) is 47.7 Å². The average molecular weight is 365 g/mol. The number of carbonyl (C=O) groups is 1. The monoisotopic (exact) mass is 365 g/mol. The molecule has 4 rings (SSSR count). The van der Waals surface area contributed by atoms with Crippen LogP contribution < -0.4 is 10.2 Å². The van der Waals surface area contributed by atoms with Crippen molar-refractivity contribution in [1.82, 2.24) is 14.9 Å². The van der Waals surface area contributed by atoms with Gasteiger partial charge in [0.1, 0.15) is 5.82 Å². The van der Waals surface area contributed by atoms with Gasteiger partial charge in [-0.3, -0.25) is 4.79 Å². The van der Waals surface area contributed by atoms with E-state index in [1.165, 1.54) is 11.1 Å². The Kier molecular flexibility index (Phi) is 5.23. The maximum Gasteiger partial charge on any atom is 0.227 e. The lowest BCUT2D eigenvalue weighted by Crippen LogP contribution is -2.44. The van der Waals surface area contributed by atoms with Gasteiger partial charge in [0.2, 0.25) is 11.9 Å². The zero-order valence-corrected chi connectivity index (χ0v) is 15.9. The summed E-state index contributed by atoms with van der Waals surface area (Å²) in [5, 5.41) is 3.23. The number of anilines is 2. The Balaban J connectivity index is 1.35. The summed E-state index contributed by atoms with van der Waals surface area (Å²) in [5.41, 5.74) is 2.68. The van der Waals surface area contributed by atoms with Crippen LogP contribution in [0.3, 0.4) is 0 Å². The summed E-state index contributed by atoms with van der Waals surface area (Å²) in [6, 6.07) is 10.4. The van der Waals surface area contributed by atoms with Gasteiger partial charge >= 0.3 is 0 Å². The van der Waals surface area contributed by atoms with Crippen molar-refractivity contribution in [3.63, 3.8) is 0 Å². The van der Waals surface area contributed by atoms with Crippen molar-refractivity contribution < 1.29 is 4.79 Å². The number of carbonyl (C=O) groups excluding carboxylic acids is 1. The Morgan fingerprint density at radius 1 is 1.15 bits per heavy atom. The molecule has 1 saturated heterocycles. The number of fused-ring (bicyclic) bond motifs is 1. The second-order valence-electron chi connectivity index (χ2n) is 7.31. The quantitative estimate of drug-likeness (QED) is 0.903. The third kappa shape index (κ3) is 3.89. The number of nitrogens with one attached hydrogen (secondary N) is 1. The summed E-state index contributed by atoms with van der Waals surface area (Å²) in [7, 11) is 0. The molecule has 2 aliphatic rings. The summed E-state index contributed by atoms with van der Waals surface area (Å²) in [6.07, 6.45) is 4.49. The average Bonchev–Trinajstić information content (AvgIpc) is 2.73. The molecule has 0 aliphatic carbocycles. The predicted molar refractivity (Wildman–Crippen MR) is 107 cm³/mol. The van der Waals surface area contributed by atoms with Gasteiger partial charge in [0.05, 0.1) is 0 Å². The predicted octanol–water partition coefficient (Wildman–Crippen LogP) is 2.71. The molecule has 0 bridgehead atoms. The van der Waals surface area contributed by atoms with Gasteiger partial charge in [0.15, 0.2) is 0 Å². The molecular weight excluding hydrogens is 338 g/mol. The van der Waals surface area contributed by atoms with Gasteiger partial charge < -0.3 is 15.1 Å². The van der Waals surface area contributed by atoms with E-state index in [1.807, 2.05) is 11.0 Å². The highest BCUT2D eigenvalue weighted by Gasteiger charge is 2.30. The molecule has 3 heterocycles. The first kappa shape index (κ1) is 17.8. The van der Waals surface area contributed by atoms with E-state index in [-0.39, 0.29) is 5.92 Å². The van der Waals surface area contributed by atoms with Crippen molar-refractivity contribution >= 4 is 17.7 Å². The number of aromatic nitrogens is 2. The van der Waals surface area contributed by atoms with E-state index in [4.69, 9.17) is 0 Å². The van der Waals surface area contributed by atoms with E-state index in [1.54, 1.807) is 6.20 Å². The van der Waals surface area contributed by atoms with E-state index in [0.717, 1.165) is 63.8 Å².